The molecular formula is C21H15BrN2O3. The molecule has 1 amide bonds. The molecule has 2 heterocycles. The van der Waals surface area contributed by atoms with Crippen LogP contribution in [0.1, 0.15) is 16.1 Å². The predicted molar refractivity (Wildman–Crippen MR) is 107 cm³/mol. The number of rotatable bonds is 4. The monoisotopic (exact) mass is 422 g/mol. The Bertz CT molecular complexity index is 1110. The van der Waals surface area contributed by atoms with Gasteiger partial charge in [-0.2, -0.15) is 0 Å². The van der Waals surface area contributed by atoms with E-state index in [4.69, 9.17) is 9.15 Å². The number of hydrogen-bond donors (Lipinski definition) is 1. The van der Waals surface area contributed by atoms with Crippen molar-refractivity contribution in [3.8, 4) is 11.5 Å². The van der Waals surface area contributed by atoms with Gasteiger partial charge in [0.1, 0.15) is 17.1 Å². The maximum absolute atomic E-state index is 12.6. The van der Waals surface area contributed by atoms with Crippen LogP contribution in [0.4, 0.5) is 5.69 Å². The van der Waals surface area contributed by atoms with Gasteiger partial charge in [-0.1, -0.05) is 15.9 Å². The molecule has 2 aromatic heterocycles. The SMILES string of the molecule is Cc1c(C(=O)Nc2ccc(Oc3ccncc3)cc2)oc2ccc(Br)cc12. The number of anilines is 1. The second-order valence-electron chi connectivity index (χ2n) is 5.96. The Hall–Kier alpha value is -3.12. The molecule has 0 aliphatic heterocycles. The average Bonchev–Trinajstić information content (AvgIpc) is 3.00. The van der Waals surface area contributed by atoms with Gasteiger partial charge in [0, 0.05) is 33.5 Å². The minimum absolute atomic E-state index is 0.289. The lowest BCUT2D eigenvalue weighted by Gasteiger charge is -2.07. The molecule has 4 rings (SSSR count). The molecule has 6 heteroatoms. The summed E-state index contributed by atoms with van der Waals surface area (Å²) in [7, 11) is 0. The number of hydrogen-bond acceptors (Lipinski definition) is 4. The molecular weight excluding hydrogens is 408 g/mol. The summed E-state index contributed by atoms with van der Waals surface area (Å²) in [6.45, 7) is 1.87. The molecule has 0 fully saturated rings. The summed E-state index contributed by atoms with van der Waals surface area (Å²) in [4.78, 5) is 16.6. The van der Waals surface area contributed by atoms with E-state index < -0.39 is 0 Å². The number of nitrogens with zero attached hydrogens (tertiary/aromatic N) is 1. The predicted octanol–water partition coefficient (Wildman–Crippen LogP) is 5.94. The third kappa shape index (κ3) is 3.71. The van der Waals surface area contributed by atoms with Gasteiger partial charge in [-0.3, -0.25) is 9.78 Å². The Morgan fingerprint density at radius 2 is 1.74 bits per heavy atom. The molecule has 0 unspecified atom stereocenters. The van der Waals surface area contributed by atoms with Crippen LogP contribution < -0.4 is 10.1 Å². The highest BCUT2D eigenvalue weighted by molar-refractivity contribution is 9.10. The topological polar surface area (TPSA) is 64.4 Å². The molecule has 27 heavy (non-hydrogen) atoms. The van der Waals surface area contributed by atoms with Gasteiger partial charge in [0.25, 0.3) is 5.91 Å². The van der Waals surface area contributed by atoms with Gasteiger partial charge in [-0.05, 0) is 61.5 Å². The summed E-state index contributed by atoms with van der Waals surface area (Å²) in [6.07, 6.45) is 3.33. The summed E-state index contributed by atoms with van der Waals surface area (Å²) in [5.74, 6) is 1.39. The van der Waals surface area contributed by atoms with Gasteiger partial charge in [-0.15, -0.1) is 0 Å². The quantitative estimate of drug-likeness (QED) is 0.441. The Morgan fingerprint density at radius 1 is 1.04 bits per heavy atom. The number of amides is 1. The number of furan rings is 1. The number of aryl methyl sites for hydroxylation is 1. The highest BCUT2D eigenvalue weighted by Crippen LogP contribution is 2.29. The van der Waals surface area contributed by atoms with E-state index >= 15 is 0 Å². The van der Waals surface area contributed by atoms with Crippen molar-refractivity contribution < 1.29 is 13.9 Å². The van der Waals surface area contributed by atoms with Crippen molar-refractivity contribution in [2.45, 2.75) is 6.92 Å². The maximum atomic E-state index is 12.6. The van der Waals surface area contributed by atoms with Gasteiger partial charge in [0.15, 0.2) is 5.76 Å². The number of fused-ring (bicyclic) bond motifs is 1. The molecule has 2 aromatic carbocycles. The molecule has 1 N–H and O–H groups in total. The van der Waals surface area contributed by atoms with Crippen LogP contribution in [0.15, 0.2) is 75.9 Å². The normalized spacial score (nSPS) is 10.7. The van der Waals surface area contributed by atoms with Crippen molar-refractivity contribution in [2.75, 3.05) is 5.32 Å². The Labute approximate surface area is 164 Å². The molecule has 0 atom stereocenters. The number of nitrogens with one attached hydrogen (secondary N) is 1. The number of carbonyl (C=O) groups excluding carboxylic acids is 1. The number of pyridine rings is 1. The summed E-state index contributed by atoms with van der Waals surface area (Å²) in [5.41, 5.74) is 2.14. The third-order valence-electron chi connectivity index (χ3n) is 4.10. The molecule has 0 bridgehead atoms. The summed E-state index contributed by atoms with van der Waals surface area (Å²) >= 11 is 3.44. The van der Waals surface area contributed by atoms with Crippen LogP contribution in [0.5, 0.6) is 11.5 Å². The van der Waals surface area contributed by atoms with E-state index in [9.17, 15) is 4.79 Å². The first kappa shape index (κ1) is 17.3. The minimum Gasteiger partial charge on any atom is -0.457 e. The van der Waals surface area contributed by atoms with Crippen LogP contribution in [0.2, 0.25) is 0 Å². The smallest absolute Gasteiger partial charge is 0.291 e. The first-order valence-electron chi connectivity index (χ1n) is 8.28. The molecule has 0 radical (unpaired) electrons. The van der Waals surface area contributed by atoms with E-state index in [2.05, 4.69) is 26.2 Å². The lowest BCUT2D eigenvalue weighted by atomic mass is 10.1. The maximum Gasteiger partial charge on any atom is 0.291 e. The molecule has 134 valence electrons. The second kappa shape index (κ2) is 7.25. The highest BCUT2D eigenvalue weighted by atomic mass is 79.9. The van der Waals surface area contributed by atoms with Crippen LogP contribution in [0.3, 0.4) is 0 Å². The van der Waals surface area contributed by atoms with Gasteiger partial charge in [0.2, 0.25) is 0 Å². The van der Waals surface area contributed by atoms with E-state index in [0.29, 0.717) is 28.5 Å². The van der Waals surface area contributed by atoms with E-state index in [1.54, 1.807) is 48.8 Å². The van der Waals surface area contributed by atoms with Crippen LogP contribution in [0, 0.1) is 6.92 Å². The zero-order valence-corrected chi connectivity index (χ0v) is 16.0. The highest BCUT2D eigenvalue weighted by Gasteiger charge is 2.18. The van der Waals surface area contributed by atoms with Crippen molar-refractivity contribution in [3.05, 3.63) is 82.8 Å². The molecule has 4 aromatic rings. The van der Waals surface area contributed by atoms with Crippen LogP contribution in [-0.2, 0) is 0 Å². The standard InChI is InChI=1S/C21H15BrN2O3/c1-13-18-12-14(22)2-7-19(18)27-20(13)21(25)24-15-3-5-16(6-4-15)26-17-8-10-23-11-9-17/h2-12H,1H3,(H,24,25). The Balaban J connectivity index is 1.50. The molecule has 5 nitrogen and oxygen atoms in total. The molecule has 0 aliphatic rings. The minimum atomic E-state index is -0.289. The summed E-state index contributed by atoms with van der Waals surface area (Å²) < 4.78 is 12.4. The van der Waals surface area contributed by atoms with Crippen LogP contribution >= 0.6 is 15.9 Å². The lowest BCUT2D eigenvalue weighted by molar-refractivity contribution is 0.0998. The van der Waals surface area contributed by atoms with E-state index in [-0.39, 0.29) is 5.91 Å². The van der Waals surface area contributed by atoms with Gasteiger partial charge < -0.3 is 14.5 Å². The number of carbonyl (C=O) groups is 1. The fourth-order valence-electron chi connectivity index (χ4n) is 2.75. The molecule has 0 saturated carbocycles. The van der Waals surface area contributed by atoms with Crippen molar-refractivity contribution in [3.63, 3.8) is 0 Å². The van der Waals surface area contributed by atoms with E-state index in [1.165, 1.54) is 0 Å². The van der Waals surface area contributed by atoms with E-state index in [1.807, 2.05) is 25.1 Å². The van der Waals surface area contributed by atoms with Crippen molar-refractivity contribution in [2.24, 2.45) is 0 Å². The first-order valence-corrected chi connectivity index (χ1v) is 9.07. The lowest BCUT2D eigenvalue weighted by Crippen LogP contribution is -2.11. The summed E-state index contributed by atoms with van der Waals surface area (Å²) in [5, 5.41) is 3.77. The molecule has 0 aliphatic carbocycles. The van der Waals surface area contributed by atoms with Gasteiger partial charge in [0.05, 0.1) is 0 Å². The molecule has 0 saturated heterocycles. The second-order valence-corrected chi connectivity index (χ2v) is 6.88. The van der Waals surface area contributed by atoms with Crippen molar-refractivity contribution in [1.29, 1.82) is 0 Å². The number of ether oxygens (including phenoxy) is 1. The number of benzene rings is 2. The van der Waals surface area contributed by atoms with Crippen LogP contribution in [-0.4, -0.2) is 10.9 Å². The molecule has 0 spiro atoms. The zero-order valence-electron chi connectivity index (χ0n) is 14.4. The number of aromatic nitrogens is 1. The Morgan fingerprint density at radius 3 is 2.48 bits per heavy atom. The largest absolute Gasteiger partial charge is 0.457 e. The fourth-order valence-corrected chi connectivity index (χ4v) is 3.11. The van der Waals surface area contributed by atoms with Gasteiger partial charge in [-0.25, -0.2) is 0 Å². The fraction of sp³-hybridized carbons (Fsp3) is 0.0476. The summed E-state index contributed by atoms with van der Waals surface area (Å²) in [6, 6.07) is 16.4. The first-order chi connectivity index (χ1) is 13.1. The van der Waals surface area contributed by atoms with Crippen molar-refractivity contribution >= 4 is 38.5 Å². The van der Waals surface area contributed by atoms with E-state index in [0.717, 1.165) is 15.4 Å². The number of halogens is 1. The van der Waals surface area contributed by atoms with Crippen molar-refractivity contribution in [1.82, 2.24) is 4.98 Å². The third-order valence-corrected chi connectivity index (χ3v) is 4.60. The van der Waals surface area contributed by atoms with Crippen LogP contribution in [0.25, 0.3) is 11.0 Å². The Kier molecular flexibility index (Phi) is 4.64. The average molecular weight is 423 g/mol. The van der Waals surface area contributed by atoms with Gasteiger partial charge >= 0.3 is 0 Å². The zero-order chi connectivity index (χ0) is 18.8.